The highest BCUT2D eigenvalue weighted by atomic mass is 32.1. The van der Waals surface area contributed by atoms with Crippen molar-refractivity contribution in [3.8, 4) is 6.07 Å². The van der Waals surface area contributed by atoms with E-state index in [4.69, 9.17) is 4.74 Å². The summed E-state index contributed by atoms with van der Waals surface area (Å²) >= 11 is 0.973. The molecule has 3 aromatic rings. The molecule has 9 heteroatoms. The van der Waals surface area contributed by atoms with Crippen LogP contribution in [0.15, 0.2) is 35.4 Å². The Morgan fingerprint density at radius 1 is 1.30 bits per heavy atom. The number of anilines is 1. The maximum atomic E-state index is 12.6. The Labute approximate surface area is 176 Å². The van der Waals surface area contributed by atoms with E-state index in [9.17, 15) is 19.6 Å². The summed E-state index contributed by atoms with van der Waals surface area (Å²) in [5.74, 6) is -1.07. The van der Waals surface area contributed by atoms with Crippen molar-refractivity contribution in [2.75, 3.05) is 5.32 Å². The molecule has 0 saturated carbocycles. The number of amides is 1. The third kappa shape index (κ3) is 4.39. The van der Waals surface area contributed by atoms with Gasteiger partial charge in [-0.1, -0.05) is 12.1 Å². The van der Waals surface area contributed by atoms with Crippen LogP contribution in [0.1, 0.15) is 41.6 Å². The summed E-state index contributed by atoms with van der Waals surface area (Å²) in [6.07, 6.45) is 1.31. The first kappa shape index (κ1) is 21.2. The number of ether oxygens (including phenoxy) is 1. The number of fused-ring (bicyclic) bond motifs is 1. The molecule has 8 nitrogen and oxygen atoms in total. The zero-order chi connectivity index (χ0) is 22.1. The number of hydrogen-bond acceptors (Lipinski definition) is 7. The van der Waals surface area contributed by atoms with Crippen LogP contribution in [-0.2, 0) is 16.1 Å². The van der Waals surface area contributed by atoms with E-state index in [1.54, 1.807) is 52.0 Å². The smallest absolute Gasteiger partial charge is 0.349 e. The zero-order valence-corrected chi connectivity index (χ0v) is 17.8. The van der Waals surface area contributed by atoms with Gasteiger partial charge in [0.1, 0.15) is 28.1 Å². The van der Waals surface area contributed by atoms with Gasteiger partial charge < -0.3 is 10.1 Å². The van der Waals surface area contributed by atoms with Crippen LogP contribution in [0.25, 0.3) is 10.9 Å². The van der Waals surface area contributed by atoms with Gasteiger partial charge in [-0.05, 0) is 45.4 Å². The highest BCUT2D eigenvalue weighted by Crippen LogP contribution is 2.33. The maximum absolute atomic E-state index is 12.6. The SMILES string of the molecule is Cc1c(C(=O)OC(C)(C)C)sc(NC(=O)Cn2cnc3ccccc3c2=O)c1C#N. The summed E-state index contributed by atoms with van der Waals surface area (Å²) in [6, 6.07) is 8.87. The lowest BCUT2D eigenvalue weighted by Gasteiger charge is -2.19. The summed E-state index contributed by atoms with van der Waals surface area (Å²) in [6.45, 7) is 6.59. The predicted octanol–water partition coefficient (Wildman–Crippen LogP) is 3.23. The molecule has 0 saturated heterocycles. The molecular weight excluding hydrogens is 404 g/mol. The largest absolute Gasteiger partial charge is 0.456 e. The summed E-state index contributed by atoms with van der Waals surface area (Å²) < 4.78 is 6.56. The number of carbonyl (C=O) groups excluding carboxylic acids is 2. The summed E-state index contributed by atoms with van der Waals surface area (Å²) in [4.78, 5) is 41.9. The molecule has 1 aromatic carbocycles. The Morgan fingerprint density at radius 2 is 2.00 bits per heavy atom. The summed E-state index contributed by atoms with van der Waals surface area (Å²) in [7, 11) is 0. The molecule has 1 amide bonds. The van der Waals surface area contributed by atoms with Crippen LogP contribution in [0.5, 0.6) is 0 Å². The van der Waals surface area contributed by atoms with Crippen molar-refractivity contribution < 1.29 is 14.3 Å². The number of para-hydroxylation sites is 1. The molecule has 0 spiro atoms. The number of nitriles is 1. The monoisotopic (exact) mass is 424 g/mol. The van der Waals surface area contributed by atoms with E-state index < -0.39 is 17.5 Å². The van der Waals surface area contributed by atoms with E-state index in [-0.39, 0.29) is 27.5 Å². The van der Waals surface area contributed by atoms with E-state index in [2.05, 4.69) is 10.3 Å². The summed E-state index contributed by atoms with van der Waals surface area (Å²) in [5.41, 5.74) is 0.151. The molecule has 0 unspecified atom stereocenters. The maximum Gasteiger partial charge on any atom is 0.349 e. The first-order valence-corrected chi connectivity index (χ1v) is 9.93. The average Bonchev–Trinajstić information content (AvgIpc) is 2.98. The molecule has 0 radical (unpaired) electrons. The van der Waals surface area contributed by atoms with Gasteiger partial charge in [-0.2, -0.15) is 5.26 Å². The minimum atomic E-state index is -0.687. The predicted molar refractivity (Wildman–Crippen MR) is 114 cm³/mol. The van der Waals surface area contributed by atoms with Crippen molar-refractivity contribution >= 4 is 39.1 Å². The topological polar surface area (TPSA) is 114 Å². The molecule has 2 heterocycles. The van der Waals surface area contributed by atoms with Gasteiger partial charge in [-0.25, -0.2) is 9.78 Å². The fourth-order valence-electron chi connectivity index (χ4n) is 2.79. The fraction of sp³-hybridized carbons (Fsp3) is 0.286. The van der Waals surface area contributed by atoms with Crippen molar-refractivity contribution in [1.29, 1.82) is 5.26 Å². The second-order valence-electron chi connectivity index (χ2n) is 7.62. The number of hydrogen-bond donors (Lipinski definition) is 1. The average molecular weight is 424 g/mol. The molecule has 0 bridgehead atoms. The lowest BCUT2D eigenvalue weighted by atomic mass is 10.1. The third-order valence-electron chi connectivity index (χ3n) is 4.14. The molecule has 3 rings (SSSR count). The quantitative estimate of drug-likeness (QED) is 0.643. The number of rotatable bonds is 4. The summed E-state index contributed by atoms with van der Waals surface area (Å²) in [5, 5.41) is 12.8. The molecule has 154 valence electrons. The molecule has 0 aliphatic carbocycles. The Bertz CT molecular complexity index is 1240. The number of benzene rings is 1. The molecule has 1 N–H and O–H groups in total. The zero-order valence-electron chi connectivity index (χ0n) is 17.0. The van der Waals surface area contributed by atoms with E-state index >= 15 is 0 Å². The second-order valence-corrected chi connectivity index (χ2v) is 8.64. The van der Waals surface area contributed by atoms with Crippen molar-refractivity contribution in [3.05, 3.63) is 57.0 Å². The minimum absolute atomic E-state index is 0.193. The normalized spacial score (nSPS) is 11.2. The van der Waals surface area contributed by atoms with E-state index in [0.717, 1.165) is 11.3 Å². The number of nitrogens with one attached hydrogen (secondary N) is 1. The second kappa shape index (κ2) is 8.08. The Kier molecular flexibility index (Phi) is 5.71. The number of aromatic nitrogens is 2. The van der Waals surface area contributed by atoms with E-state index in [0.29, 0.717) is 16.5 Å². The van der Waals surface area contributed by atoms with Gasteiger partial charge >= 0.3 is 5.97 Å². The highest BCUT2D eigenvalue weighted by Gasteiger charge is 2.25. The Hall–Kier alpha value is -3.51. The molecule has 0 atom stereocenters. The standard InChI is InChI=1S/C21H20N4O4S/c1-12-14(9-22)18(30-17(12)20(28)29-21(2,3)4)24-16(26)10-25-11-23-15-8-6-5-7-13(15)19(25)27/h5-8,11H,10H2,1-4H3,(H,24,26). The molecule has 0 fully saturated rings. The Balaban J connectivity index is 1.84. The number of esters is 1. The Morgan fingerprint density at radius 3 is 2.67 bits per heavy atom. The van der Waals surface area contributed by atoms with Gasteiger partial charge in [-0.15, -0.1) is 11.3 Å². The number of carbonyl (C=O) groups is 2. The lowest BCUT2D eigenvalue weighted by Crippen LogP contribution is -2.27. The van der Waals surface area contributed by atoms with E-state index in [1.165, 1.54) is 10.9 Å². The highest BCUT2D eigenvalue weighted by molar-refractivity contribution is 7.18. The molecule has 0 aliphatic rings. The first-order valence-electron chi connectivity index (χ1n) is 9.11. The molecule has 2 aromatic heterocycles. The van der Waals surface area contributed by atoms with Crippen molar-refractivity contribution in [2.24, 2.45) is 0 Å². The van der Waals surface area contributed by atoms with Crippen LogP contribution < -0.4 is 10.9 Å². The van der Waals surface area contributed by atoms with Gasteiger partial charge in [-0.3, -0.25) is 14.2 Å². The van der Waals surface area contributed by atoms with Crippen LogP contribution in [0, 0.1) is 18.3 Å². The van der Waals surface area contributed by atoms with Crippen LogP contribution in [0.3, 0.4) is 0 Å². The van der Waals surface area contributed by atoms with Gasteiger partial charge in [0.25, 0.3) is 5.56 Å². The van der Waals surface area contributed by atoms with Crippen LogP contribution in [0.2, 0.25) is 0 Å². The van der Waals surface area contributed by atoms with Gasteiger partial charge in [0.2, 0.25) is 5.91 Å². The van der Waals surface area contributed by atoms with E-state index in [1.807, 2.05) is 6.07 Å². The van der Waals surface area contributed by atoms with Gasteiger partial charge in [0.05, 0.1) is 22.8 Å². The molecular formula is C21H20N4O4S. The van der Waals surface area contributed by atoms with Crippen LogP contribution in [-0.4, -0.2) is 27.0 Å². The van der Waals surface area contributed by atoms with Crippen molar-refractivity contribution in [2.45, 2.75) is 39.8 Å². The van der Waals surface area contributed by atoms with Crippen LogP contribution in [0.4, 0.5) is 5.00 Å². The first-order chi connectivity index (χ1) is 14.1. The number of thiophene rings is 1. The van der Waals surface area contributed by atoms with Crippen molar-refractivity contribution in [3.63, 3.8) is 0 Å². The minimum Gasteiger partial charge on any atom is -0.456 e. The molecule has 0 aliphatic heterocycles. The van der Waals surface area contributed by atoms with Crippen molar-refractivity contribution in [1.82, 2.24) is 9.55 Å². The van der Waals surface area contributed by atoms with Crippen LogP contribution >= 0.6 is 11.3 Å². The molecule has 30 heavy (non-hydrogen) atoms. The fourth-order valence-corrected chi connectivity index (χ4v) is 3.84. The number of nitrogens with zero attached hydrogens (tertiary/aromatic N) is 3. The van der Waals surface area contributed by atoms with Gasteiger partial charge in [0.15, 0.2) is 0 Å². The third-order valence-corrected chi connectivity index (χ3v) is 5.33. The van der Waals surface area contributed by atoms with Gasteiger partial charge in [0, 0.05) is 0 Å². The lowest BCUT2D eigenvalue weighted by molar-refractivity contribution is -0.116.